The number of hydrogen-bond donors (Lipinski definition) is 1. The van der Waals surface area contributed by atoms with Crippen molar-refractivity contribution in [1.29, 1.82) is 0 Å². The summed E-state index contributed by atoms with van der Waals surface area (Å²) in [7, 11) is 0. The molecule has 2 rings (SSSR count). The smallest absolute Gasteiger partial charge is 0.227 e. The molecule has 0 saturated heterocycles. The maximum Gasteiger partial charge on any atom is 0.227 e. The summed E-state index contributed by atoms with van der Waals surface area (Å²) in [6.45, 7) is 4.33. The van der Waals surface area contributed by atoms with E-state index in [-0.39, 0.29) is 22.4 Å². The molecular weight excluding hydrogens is 370 g/mol. The number of benzene rings is 1. The van der Waals surface area contributed by atoms with Gasteiger partial charge in [-0.15, -0.1) is 0 Å². The second-order valence-electron chi connectivity index (χ2n) is 6.21. The zero-order valence-electron chi connectivity index (χ0n) is 14.4. The predicted molar refractivity (Wildman–Crippen MR) is 100 cm³/mol. The van der Waals surface area contributed by atoms with Gasteiger partial charge in [-0.25, -0.2) is 0 Å². The maximum atomic E-state index is 12.5. The number of ketones is 1. The fraction of sp³-hybridized carbons (Fsp3) is 0.579. The van der Waals surface area contributed by atoms with Crippen molar-refractivity contribution in [3.05, 3.63) is 23.8 Å². The van der Waals surface area contributed by atoms with Crippen molar-refractivity contribution in [2.24, 2.45) is 5.92 Å². The molecule has 132 valence electrons. The summed E-state index contributed by atoms with van der Waals surface area (Å²) in [6.07, 6.45) is 6.09. The topological polar surface area (TPSA) is 55.4 Å². The van der Waals surface area contributed by atoms with Crippen molar-refractivity contribution in [1.82, 2.24) is 0 Å². The van der Waals surface area contributed by atoms with E-state index in [1.807, 2.05) is 13.8 Å². The van der Waals surface area contributed by atoms with Gasteiger partial charge in [0.25, 0.3) is 0 Å². The Labute approximate surface area is 152 Å². The molecule has 1 aromatic rings. The van der Waals surface area contributed by atoms with Crippen molar-refractivity contribution >= 4 is 33.3 Å². The van der Waals surface area contributed by atoms with E-state index < -0.39 is 0 Å². The van der Waals surface area contributed by atoms with Gasteiger partial charge in [0.2, 0.25) is 5.91 Å². The minimum atomic E-state index is -0.199. The number of hydrogen-bond acceptors (Lipinski definition) is 3. The van der Waals surface area contributed by atoms with Crippen LogP contribution >= 0.6 is 15.9 Å². The number of Topliss-reactive ketones (excluding diaryl/α,β-unsaturated/α-hetero) is 1. The van der Waals surface area contributed by atoms with Crippen molar-refractivity contribution in [2.75, 3.05) is 11.9 Å². The van der Waals surface area contributed by atoms with Crippen LogP contribution in [0.1, 0.15) is 62.7 Å². The van der Waals surface area contributed by atoms with Crippen LogP contribution in [0.15, 0.2) is 18.2 Å². The Kier molecular flexibility index (Phi) is 7.28. The fourth-order valence-corrected chi connectivity index (χ4v) is 3.28. The summed E-state index contributed by atoms with van der Waals surface area (Å²) >= 11 is 3.39. The van der Waals surface area contributed by atoms with Gasteiger partial charge in [0.05, 0.1) is 17.1 Å². The van der Waals surface area contributed by atoms with E-state index >= 15 is 0 Å². The molecule has 0 heterocycles. The summed E-state index contributed by atoms with van der Waals surface area (Å²) in [4.78, 5) is 24.6. The van der Waals surface area contributed by atoms with Crippen LogP contribution in [-0.2, 0) is 4.79 Å². The lowest BCUT2D eigenvalue weighted by Crippen LogP contribution is -2.25. The Morgan fingerprint density at radius 2 is 1.96 bits per heavy atom. The van der Waals surface area contributed by atoms with Gasteiger partial charge in [0.1, 0.15) is 5.75 Å². The lowest BCUT2D eigenvalue weighted by Gasteiger charge is -2.21. The molecular formula is C19H26BrNO3. The van der Waals surface area contributed by atoms with Crippen LogP contribution in [0, 0.1) is 5.92 Å². The van der Waals surface area contributed by atoms with Crippen molar-refractivity contribution < 1.29 is 14.3 Å². The molecule has 1 saturated carbocycles. The minimum absolute atomic E-state index is 0.0311. The van der Waals surface area contributed by atoms with E-state index in [9.17, 15) is 9.59 Å². The number of rotatable bonds is 7. The standard InChI is InChI=1S/C19H26BrNO3/c1-3-15(20)18(22)14-10-11-16(17(12-14)24-4-2)21-19(23)13-8-6-5-7-9-13/h10-13,15H,3-9H2,1-2H3,(H,21,23). The van der Waals surface area contributed by atoms with E-state index in [4.69, 9.17) is 4.74 Å². The van der Waals surface area contributed by atoms with E-state index in [1.54, 1.807) is 18.2 Å². The van der Waals surface area contributed by atoms with Gasteiger partial charge in [0.15, 0.2) is 5.78 Å². The molecule has 1 amide bonds. The highest BCUT2D eigenvalue weighted by molar-refractivity contribution is 9.10. The minimum Gasteiger partial charge on any atom is -0.492 e. The first-order chi connectivity index (χ1) is 11.6. The molecule has 1 aliphatic carbocycles. The molecule has 1 atom stereocenters. The molecule has 4 nitrogen and oxygen atoms in total. The Bertz CT molecular complexity index is 582. The highest BCUT2D eigenvalue weighted by Crippen LogP contribution is 2.30. The number of amides is 1. The third-order valence-corrected chi connectivity index (χ3v) is 5.51. The molecule has 0 spiro atoms. The second kappa shape index (κ2) is 9.21. The summed E-state index contributed by atoms with van der Waals surface area (Å²) in [5.41, 5.74) is 1.24. The van der Waals surface area contributed by atoms with E-state index in [1.165, 1.54) is 6.42 Å². The van der Waals surface area contributed by atoms with Crippen LogP contribution in [0.3, 0.4) is 0 Å². The first kappa shape index (κ1) is 19.0. The van der Waals surface area contributed by atoms with Gasteiger partial charge >= 0.3 is 0 Å². The average molecular weight is 396 g/mol. The second-order valence-corrected chi connectivity index (χ2v) is 7.31. The van der Waals surface area contributed by atoms with Gasteiger partial charge in [-0.1, -0.05) is 42.1 Å². The van der Waals surface area contributed by atoms with Crippen LogP contribution < -0.4 is 10.1 Å². The Hall–Kier alpha value is -1.36. The quantitative estimate of drug-likeness (QED) is 0.524. The normalized spacial score (nSPS) is 16.5. The van der Waals surface area contributed by atoms with Crippen LogP contribution in [0.4, 0.5) is 5.69 Å². The number of anilines is 1. The Morgan fingerprint density at radius 1 is 1.25 bits per heavy atom. The number of carbonyl (C=O) groups is 2. The molecule has 1 aromatic carbocycles. The number of nitrogens with one attached hydrogen (secondary N) is 1. The van der Waals surface area contributed by atoms with Gasteiger partial charge in [-0.3, -0.25) is 9.59 Å². The molecule has 1 fully saturated rings. The lowest BCUT2D eigenvalue weighted by atomic mass is 9.88. The summed E-state index contributed by atoms with van der Waals surface area (Å²) in [5, 5.41) is 2.99. The number of ether oxygens (including phenoxy) is 1. The zero-order chi connectivity index (χ0) is 17.5. The summed E-state index contributed by atoms with van der Waals surface area (Å²) in [5.74, 6) is 0.732. The van der Waals surface area contributed by atoms with E-state index in [2.05, 4.69) is 21.2 Å². The summed E-state index contributed by atoms with van der Waals surface area (Å²) < 4.78 is 5.65. The maximum absolute atomic E-state index is 12.5. The molecule has 0 radical (unpaired) electrons. The molecule has 0 aliphatic heterocycles. The third-order valence-electron chi connectivity index (χ3n) is 4.44. The lowest BCUT2D eigenvalue weighted by molar-refractivity contribution is -0.120. The van der Waals surface area contributed by atoms with Gasteiger partial charge in [0, 0.05) is 11.5 Å². The molecule has 0 aromatic heterocycles. The largest absolute Gasteiger partial charge is 0.492 e. The number of carbonyl (C=O) groups excluding carboxylic acids is 2. The zero-order valence-corrected chi connectivity index (χ0v) is 16.0. The molecule has 1 aliphatic rings. The molecule has 0 bridgehead atoms. The fourth-order valence-electron chi connectivity index (χ4n) is 3.02. The van der Waals surface area contributed by atoms with Gasteiger partial charge < -0.3 is 10.1 Å². The highest BCUT2D eigenvalue weighted by atomic mass is 79.9. The van der Waals surface area contributed by atoms with E-state index in [0.717, 1.165) is 32.1 Å². The van der Waals surface area contributed by atoms with Gasteiger partial charge in [-0.05, 0) is 44.4 Å². The van der Waals surface area contributed by atoms with E-state index in [0.29, 0.717) is 23.6 Å². The SMILES string of the molecule is CCOc1cc(C(=O)C(Br)CC)ccc1NC(=O)C1CCCCC1. The monoisotopic (exact) mass is 395 g/mol. The molecule has 1 unspecified atom stereocenters. The van der Waals surface area contributed by atoms with Crippen LogP contribution in [0.5, 0.6) is 5.75 Å². The van der Waals surface area contributed by atoms with Gasteiger partial charge in [-0.2, -0.15) is 0 Å². The number of alkyl halides is 1. The van der Waals surface area contributed by atoms with Crippen molar-refractivity contribution in [3.63, 3.8) is 0 Å². The van der Waals surface area contributed by atoms with Crippen molar-refractivity contribution in [3.8, 4) is 5.75 Å². The summed E-state index contributed by atoms with van der Waals surface area (Å²) in [6, 6.07) is 5.26. The first-order valence-corrected chi connectivity index (χ1v) is 9.74. The average Bonchev–Trinajstić information content (AvgIpc) is 2.62. The number of halogens is 1. The highest BCUT2D eigenvalue weighted by Gasteiger charge is 2.23. The first-order valence-electron chi connectivity index (χ1n) is 8.82. The molecule has 24 heavy (non-hydrogen) atoms. The molecule has 1 N–H and O–H groups in total. The van der Waals surface area contributed by atoms with Crippen LogP contribution in [0.25, 0.3) is 0 Å². The predicted octanol–water partition coefficient (Wildman–Crippen LogP) is 4.96. The molecule has 5 heteroatoms. The van der Waals surface area contributed by atoms with Crippen LogP contribution in [0.2, 0.25) is 0 Å². The van der Waals surface area contributed by atoms with Crippen molar-refractivity contribution in [2.45, 2.75) is 57.2 Å². The Balaban J connectivity index is 2.16. The van der Waals surface area contributed by atoms with Crippen LogP contribution in [-0.4, -0.2) is 23.1 Å². The third kappa shape index (κ3) is 4.82. The Morgan fingerprint density at radius 3 is 2.58 bits per heavy atom.